The van der Waals surface area contributed by atoms with Crippen molar-refractivity contribution in [3.05, 3.63) is 12.2 Å². The molecule has 0 aromatic rings. The van der Waals surface area contributed by atoms with Gasteiger partial charge in [0.25, 0.3) is 0 Å². The van der Waals surface area contributed by atoms with Gasteiger partial charge in [-0.25, -0.2) is 0 Å². The van der Waals surface area contributed by atoms with Crippen LogP contribution in [0.4, 0.5) is 0 Å². The summed E-state index contributed by atoms with van der Waals surface area (Å²) in [5, 5.41) is 40.6. The number of rotatable bonds is 8. The maximum absolute atomic E-state index is 13.0. The fourth-order valence-electron chi connectivity index (χ4n) is 4.80. The van der Waals surface area contributed by atoms with E-state index in [0.29, 0.717) is 12.8 Å². The van der Waals surface area contributed by atoms with Gasteiger partial charge in [0.05, 0.1) is 37.1 Å². The van der Waals surface area contributed by atoms with Gasteiger partial charge in [-0.15, -0.1) is 0 Å². The van der Waals surface area contributed by atoms with Gasteiger partial charge in [-0.05, 0) is 19.8 Å². The van der Waals surface area contributed by atoms with E-state index in [2.05, 4.69) is 6.58 Å². The van der Waals surface area contributed by atoms with E-state index in [0.717, 1.165) is 5.57 Å². The Morgan fingerprint density at radius 2 is 1.87 bits per heavy atom. The zero-order valence-electron chi connectivity index (χ0n) is 19.9. The van der Waals surface area contributed by atoms with Gasteiger partial charge in [-0.2, -0.15) is 0 Å². The molecular weight excluding hydrogens is 400 g/mol. The quantitative estimate of drug-likeness (QED) is 0.425. The van der Waals surface area contributed by atoms with E-state index in [9.17, 15) is 25.2 Å². The zero-order valence-corrected chi connectivity index (χ0v) is 19.9. The van der Waals surface area contributed by atoms with Crippen molar-refractivity contribution >= 4 is 5.78 Å². The minimum atomic E-state index is -1.28. The Hall–Kier alpha value is -0.830. The highest BCUT2D eigenvalue weighted by Gasteiger charge is 2.48. The van der Waals surface area contributed by atoms with Crippen molar-refractivity contribution in [3.63, 3.8) is 0 Å². The zero-order chi connectivity index (χ0) is 23.7. The van der Waals surface area contributed by atoms with Crippen LogP contribution in [0, 0.1) is 17.3 Å². The largest absolute Gasteiger partial charge is 0.394 e. The van der Waals surface area contributed by atoms with Crippen LogP contribution in [-0.2, 0) is 14.3 Å². The molecule has 7 nitrogen and oxygen atoms in total. The van der Waals surface area contributed by atoms with E-state index >= 15 is 0 Å². The predicted molar refractivity (Wildman–Crippen MR) is 117 cm³/mol. The molecule has 0 aromatic carbocycles. The normalized spacial score (nSPS) is 39.0. The van der Waals surface area contributed by atoms with Crippen molar-refractivity contribution in [2.75, 3.05) is 6.61 Å². The Bertz CT molecular complexity index is 648. The average molecular weight is 443 g/mol. The number of hydrogen-bond donors (Lipinski definition) is 4. The van der Waals surface area contributed by atoms with E-state index in [1.807, 2.05) is 34.6 Å². The Balaban J connectivity index is 2.05. The number of carbonyl (C=O) groups is 1. The molecule has 4 N–H and O–H groups in total. The summed E-state index contributed by atoms with van der Waals surface area (Å²) >= 11 is 0. The molecule has 0 saturated carbocycles. The number of hydrogen-bond acceptors (Lipinski definition) is 7. The van der Waals surface area contributed by atoms with Crippen molar-refractivity contribution in [1.82, 2.24) is 0 Å². The summed E-state index contributed by atoms with van der Waals surface area (Å²) in [5.41, 5.74) is -0.637. The molecule has 31 heavy (non-hydrogen) atoms. The molecule has 2 aliphatic rings. The highest BCUT2D eigenvalue weighted by molar-refractivity contribution is 5.84. The molecule has 2 fully saturated rings. The van der Waals surface area contributed by atoms with Crippen LogP contribution in [-0.4, -0.2) is 75.0 Å². The number of ketones is 1. The van der Waals surface area contributed by atoms with Crippen molar-refractivity contribution in [2.45, 2.75) is 109 Å². The summed E-state index contributed by atoms with van der Waals surface area (Å²) in [5.74, 6) is -0.395. The van der Waals surface area contributed by atoms with E-state index in [1.165, 1.54) is 0 Å². The molecular formula is C24H42O7. The Labute approximate surface area is 186 Å². The van der Waals surface area contributed by atoms with Crippen molar-refractivity contribution in [3.8, 4) is 0 Å². The Morgan fingerprint density at radius 3 is 2.42 bits per heavy atom. The molecule has 7 heteroatoms. The van der Waals surface area contributed by atoms with Gasteiger partial charge < -0.3 is 29.9 Å². The molecule has 2 saturated heterocycles. The van der Waals surface area contributed by atoms with E-state index in [4.69, 9.17) is 9.47 Å². The third-order valence-electron chi connectivity index (χ3n) is 7.60. The van der Waals surface area contributed by atoms with Gasteiger partial charge in [0.2, 0.25) is 0 Å². The number of aliphatic hydroxyl groups excluding tert-OH is 4. The monoisotopic (exact) mass is 442 g/mol. The fraction of sp³-hybridized carbons (Fsp3) is 0.875. The first-order valence-electron chi connectivity index (χ1n) is 11.4. The van der Waals surface area contributed by atoms with E-state index in [1.54, 1.807) is 6.92 Å². The van der Waals surface area contributed by atoms with Crippen molar-refractivity contribution < 1.29 is 34.7 Å². The highest BCUT2D eigenvalue weighted by Crippen LogP contribution is 2.42. The van der Waals surface area contributed by atoms with Gasteiger partial charge in [0.15, 0.2) is 5.78 Å². The molecule has 0 spiro atoms. The Kier molecular flexibility index (Phi) is 8.50. The molecule has 0 aromatic heterocycles. The highest BCUT2D eigenvalue weighted by atomic mass is 16.5. The number of aliphatic hydroxyl groups is 4. The minimum Gasteiger partial charge on any atom is -0.394 e. The smallest absolute Gasteiger partial charge is 0.164 e. The lowest BCUT2D eigenvalue weighted by molar-refractivity contribution is -0.198. The standard InChI is InChI=1S/C24H42O7/c1-13(19-10-20(28)23(5,6)21(30-19)9-17(26)12-25)8-18(27)22(29)24(7)11-14(2)15(3)16(4)31-24/h13,15-17,19-22,25-26,28-29H,2,8-12H2,1,3-7H3/t13-,15-,16-,17+,19+,20-,21-,22-,24-/m1/s1. The maximum atomic E-state index is 13.0. The SMILES string of the molecule is C=C1C[C@](C)([C@H](O)C(=O)C[C@@H](C)[C@@H]2C[C@@H](O)C(C)(C)[C@@H](C[C@H](O)CO)O2)O[C@H](C)[C@@H]1C. The lowest BCUT2D eigenvalue weighted by Gasteiger charge is -2.48. The van der Waals surface area contributed by atoms with Gasteiger partial charge in [0.1, 0.15) is 11.7 Å². The van der Waals surface area contributed by atoms with Crippen LogP contribution in [0.1, 0.15) is 67.2 Å². The van der Waals surface area contributed by atoms with E-state index in [-0.39, 0.29) is 43.2 Å². The third kappa shape index (κ3) is 5.75. The topological polar surface area (TPSA) is 116 Å². The second-order valence-corrected chi connectivity index (χ2v) is 10.6. The molecule has 0 radical (unpaired) electrons. The van der Waals surface area contributed by atoms with Gasteiger partial charge in [-0.1, -0.05) is 39.8 Å². The molecule has 2 heterocycles. The molecule has 0 bridgehead atoms. The number of Topliss-reactive ketones (excluding diaryl/α,β-unsaturated/α-hetero) is 1. The summed E-state index contributed by atoms with van der Waals surface area (Å²) in [6, 6.07) is 0. The number of ether oxygens (including phenoxy) is 2. The van der Waals surface area contributed by atoms with Crippen molar-refractivity contribution in [2.24, 2.45) is 17.3 Å². The summed E-state index contributed by atoms with van der Waals surface area (Å²) in [6.45, 7) is 15.0. The van der Waals surface area contributed by atoms with Gasteiger partial charge in [0, 0.05) is 37.0 Å². The van der Waals surface area contributed by atoms with Crippen molar-refractivity contribution in [1.29, 1.82) is 0 Å². The first-order chi connectivity index (χ1) is 14.2. The minimum absolute atomic E-state index is 0.0869. The molecule has 0 amide bonds. The first kappa shape index (κ1) is 26.4. The summed E-state index contributed by atoms with van der Waals surface area (Å²) < 4.78 is 12.2. The van der Waals surface area contributed by atoms with Crippen LogP contribution in [0.5, 0.6) is 0 Å². The second kappa shape index (κ2) is 9.98. The number of carbonyl (C=O) groups excluding carboxylic acids is 1. The average Bonchev–Trinajstić information content (AvgIpc) is 2.68. The second-order valence-electron chi connectivity index (χ2n) is 10.6. The molecule has 2 aliphatic heterocycles. The lowest BCUT2D eigenvalue weighted by Crippen LogP contribution is -2.54. The predicted octanol–water partition coefficient (Wildman–Crippen LogP) is 1.99. The van der Waals surface area contributed by atoms with E-state index < -0.39 is 41.5 Å². The van der Waals surface area contributed by atoms with Crippen LogP contribution in [0.15, 0.2) is 12.2 Å². The maximum Gasteiger partial charge on any atom is 0.164 e. The lowest BCUT2D eigenvalue weighted by atomic mass is 9.72. The molecule has 180 valence electrons. The van der Waals surface area contributed by atoms with Gasteiger partial charge in [-0.3, -0.25) is 4.79 Å². The molecule has 9 atom stereocenters. The summed E-state index contributed by atoms with van der Waals surface area (Å²) in [4.78, 5) is 13.0. The van der Waals surface area contributed by atoms with Gasteiger partial charge >= 0.3 is 0 Å². The first-order valence-corrected chi connectivity index (χ1v) is 11.4. The Morgan fingerprint density at radius 1 is 1.26 bits per heavy atom. The van der Waals surface area contributed by atoms with Crippen LogP contribution in [0.3, 0.4) is 0 Å². The van der Waals surface area contributed by atoms with Crippen LogP contribution in [0.2, 0.25) is 0 Å². The summed E-state index contributed by atoms with van der Waals surface area (Å²) in [6.07, 6.45) is -2.81. The molecule has 0 unspecified atom stereocenters. The van der Waals surface area contributed by atoms with Crippen LogP contribution < -0.4 is 0 Å². The third-order valence-corrected chi connectivity index (χ3v) is 7.60. The van der Waals surface area contributed by atoms with Crippen LogP contribution in [0.25, 0.3) is 0 Å². The fourth-order valence-corrected chi connectivity index (χ4v) is 4.80. The summed E-state index contributed by atoms with van der Waals surface area (Å²) in [7, 11) is 0. The molecule has 0 aliphatic carbocycles. The molecule has 2 rings (SSSR count). The van der Waals surface area contributed by atoms with Crippen LogP contribution >= 0.6 is 0 Å².